The molecule has 26 heavy (non-hydrogen) atoms. The molecular formula is C21H46O3Si2. The van der Waals surface area contributed by atoms with Crippen LogP contribution in [-0.4, -0.2) is 40.6 Å². The molecule has 1 aliphatic rings. The van der Waals surface area contributed by atoms with Crippen LogP contribution in [-0.2, 0) is 8.85 Å². The minimum Gasteiger partial charge on any atom is -0.416 e. The number of aliphatic hydroxyl groups is 1. The maximum Gasteiger partial charge on any atom is 0.200 e. The zero-order valence-corrected chi connectivity index (χ0v) is 21.3. The third-order valence-corrected chi connectivity index (χ3v) is 17.8. The standard InChI is InChI=1S/C21H46O3Si2/c1-15(2)26(16(3)4,17(5)6)24-20-13-19(22)12-18(20)14-23-25(10,11)21(7,8)9/h15-20,22H,12-14H2,1-11H3/t18-,19-,20+/m1/s1. The van der Waals surface area contributed by atoms with Crippen molar-refractivity contribution in [2.45, 2.75) is 122 Å². The third kappa shape index (κ3) is 5.22. The Hall–Kier alpha value is 0.314. The van der Waals surface area contributed by atoms with Crippen LogP contribution in [0.3, 0.4) is 0 Å². The summed E-state index contributed by atoms with van der Waals surface area (Å²) < 4.78 is 13.5. The van der Waals surface area contributed by atoms with E-state index < -0.39 is 16.6 Å². The van der Waals surface area contributed by atoms with E-state index >= 15 is 0 Å². The highest BCUT2D eigenvalue weighted by Crippen LogP contribution is 2.46. The van der Waals surface area contributed by atoms with Crippen LogP contribution >= 0.6 is 0 Å². The van der Waals surface area contributed by atoms with Gasteiger partial charge in [0, 0.05) is 12.5 Å². The molecule has 0 unspecified atom stereocenters. The molecule has 1 saturated carbocycles. The van der Waals surface area contributed by atoms with Crippen molar-refractivity contribution in [1.29, 1.82) is 0 Å². The molecule has 0 bridgehead atoms. The van der Waals surface area contributed by atoms with E-state index in [4.69, 9.17) is 8.85 Å². The lowest BCUT2D eigenvalue weighted by Crippen LogP contribution is -2.51. The van der Waals surface area contributed by atoms with E-state index in [2.05, 4.69) is 75.4 Å². The number of aliphatic hydroxyl groups excluding tert-OH is 1. The van der Waals surface area contributed by atoms with Gasteiger partial charge in [0.15, 0.2) is 8.32 Å². The van der Waals surface area contributed by atoms with Crippen molar-refractivity contribution in [2.24, 2.45) is 5.92 Å². The van der Waals surface area contributed by atoms with Crippen molar-refractivity contribution in [3.63, 3.8) is 0 Å². The van der Waals surface area contributed by atoms with Crippen LogP contribution in [0.15, 0.2) is 0 Å². The molecule has 0 aromatic carbocycles. The highest BCUT2D eigenvalue weighted by molar-refractivity contribution is 6.77. The zero-order valence-electron chi connectivity index (χ0n) is 19.3. The summed E-state index contributed by atoms with van der Waals surface area (Å²) in [5.41, 5.74) is 1.71. The topological polar surface area (TPSA) is 38.7 Å². The fourth-order valence-corrected chi connectivity index (χ4v) is 11.3. The Bertz CT molecular complexity index is 419. The van der Waals surface area contributed by atoms with Crippen molar-refractivity contribution in [1.82, 2.24) is 0 Å². The van der Waals surface area contributed by atoms with E-state index in [0.29, 0.717) is 22.5 Å². The number of hydrogen-bond acceptors (Lipinski definition) is 3. The minimum absolute atomic E-state index is 0.147. The zero-order chi connectivity index (χ0) is 20.5. The number of rotatable bonds is 8. The molecule has 1 aliphatic carbocycles. The first kappa shape index (κ1) is 24.4. The first-order valence-electron chi connectivity index (χ1n) is 10.6. The van der Waals surface area contributed by atoms with Gasteiger partial charge in [-0.2, -0.15) is 0 Å². The molecule has 0 radical (unpaired) electrons. The van der Waals surface area contributed by atoms with Gasteiger partial charge in [-0.3, -0.25) is 0 Å². The second kappa shape index (κ2) is 8.77. The Morgan fingerprint density at radius 2 is 1.38 bits per heavy atom. The predicted molar refractivity (Wildman–Crippen MR) is 118 cm³/mol. The van der Waals surface area contributed by atoms with Crippen LogP contribution in [0.5, 0.6) is 0 Å². The van der Waals surface area contributed by atoms with Gasteiger partial charge in [0.2, 0.25) is 8.32 Å². The van der Waals surface area contributed by atoms with Crippen LogP contribution in [0.25, 0.3) is 0 Å². The van der Waals surface area contributed by atoms with Gasteiger partial charge in [-0.1, -0.05) is 62.3 Å². The molecule has 1 fully saturated rings. The summed E-state index contributed by atoms with van der Waals surface area (Å²) in [6.07, 6.45) is 1.49. The molecule has 3 nitrogen and oxygen atoms in total. The number of hydrogen-bond donors (Lipinski definition) is 1. The Balaban J connectivity index is 2.96. The van der Waals surface area contributed by atoms with E-state index in [1.54, 1.807) is 0 Å². The van der Waals surface area contributed by atoms with Crippen molar-refractivity contribution in [3.05, 3.63) is 0 Å². The highest BCUT2D eigenvalue weighted by atomic mass is 28.4. The van der Waals surface area contributed by atoms with Crippen molar-refractivity contribution in [3.8, 4) is 0 Å². The molecule has 0 saturated heterocycles. The minimum atomic E-state index is -1.93. The van der Waals surface area contributed by atoms with Gasteiger partial charge in [-0.25, -0.2) is 0 Å². The molecule has 156 valence electrons. The largest absolute Gasteiger partial charge is 0.416 e. The van der Waals surface area contributed by atoms with Gasteiger partial charge < -0.3 is 14.0 Å². The Morgan fingerprint density at radius 1 is 0.923 bits per heavy atom. The fourth-order valence-electron chi connectivity index (χ4n) is 4.58. The molecule has 3 atom stereocenters. The lowest BCUT2D eigenvalue weighted by atomic mass is 10.1. The first-order chi connectivity index (χ1) is 11.6. The van der Waals surface area contributed by atoms with Gasteiger partial charge in [0.25, 0.3) is 0 Å². The molecule has 0 aliphatic heterocycles. The van der Waals surface area contributed by atoms with E-state index in [0.717, 1.165) is 19.4 Å². The molecule has 0 aromatic heterocycles. The van der Waals surface area contributed by atoms with Crippen LogP contribution in [0, 0.1) is 5.92 Å². The summed E-state index contributed by atoms with van der Waals surface area (Å²) in [7, 11) is -3.70. The van der Waals surface area contributed by atoms with E-state index in [-0.39, 0.29) is 17.2 Å². The smallest absolute Gasteiger partial charge is 0.200 e. The molecule has 0 heterocycles. The molecule has 0 aromatic rings. The van der Waals surface area contributed by atoms with Gasteiger partial charge in [0.05, 0.1) is 12.2 Å². The average molecular weight is 403 g/mol. The normalized spacial score (nSPS) is 25.7. The third-order valence-electron chi connectivity index (χ3n) is 7.13. The molecule has 1 rings (SSSR count). The summed E-state index contributed by atoms with van der Waals surface area (Å²) in [5.74, 6) is 0.322. The van der Waals surface area contributed by atoms with Gasteiger partial charge in [-0.05, 0) is 47.6 Å². The Kier molecular flexibility index (Phi) is 8.21. The summed E-state index contributed by atoms with van der Waals surface area (Å²) >= 11 is 0. The van der Waals surface area contributed by atoms with E-state index in [1.165, 1.54) is 0 Å². The highest BCUT2D eigenvalue weighted by Gasteiger charge is 2.49. The lowest BCUT2D eigenvalue weighted by molar-refractivity contribution is 0.0954. The second-order valence-electron chi connectivity index (χ2n) is 10.9. The van der Waals surface area contributed by atoms with Crippen LogP contribution < -0.4 is 0 Å². The molecule has 0 amide bonds. The lowest BCUT2D eigenvalue weighted by Gasteiger charge is -2.45. The van der Waals surface area contributed by atoms with Gasteiger partial charge in [-0.15, -0.1) is 0 Å². The first-order valence-corrected chi connectivity index (χ1v) is 15.7. The monoisotopic (exact) mass is 402 g/mol. The Labute approximate surface area is 165 Å². The molecular weight excluding hydrogens is 356 g/mol. The van der Waals surface area contributed by atoms with Gasteiger partial charge in [0.1, 0.15) is 0 Å². The maximum absolute atomic E-state index is 10.4. The fraction of sp³-hybridized carbons (Fsp3) is 1.00. The molecule has 5 heteroatoms. The van der Waals surface area contributed by atoms with Gasteiger partial charge >= 0.3 is 0 Å². The summed E-state index contributed by atoms with van der Waals surface area (Å²) in [6, 6.07) is 0. The van der Waals surface area contributed by atoms with Crippen molar-refractivity contribution in [2.75, 3.05) is 6.61 Å². The SMILES string of the molecule is CC(C)[Si](O[C@H]1C[C@H](O)C[C@@H]1CO[Si](C)(C)C(C)(C)C)(C(C)C)C(C)C. The molecule has 1 N–H and O–H groups in total. The van der Waals surface area contributed by atoms with Crippen molar-refractivity contribution < 1.29 is 14.0 Å². The van der Waals surface area contributed by atoms with E-state index in [1.807, 2.05) is 0 Å². The molecule has 0 spiro atoms. The average Bonchev–Trinajstić information content (AvgIpc) is 2.80. The predicted octanol–water partition coefficient (Wildman–Crippen LogP) is 6.34. The Morgan fingerprint density at radius 3 is 1.77 bits per heavy atom. The summed E-state index contributed by atoms with van der Waals surface area (Å²) in [4.78, 5) is 0. The van der Waals surface area contributed by atoms with E-state index in [9.17, 15) is 5.11 Å². The quantitative estimate of drug-likeness (QED) is 0.481. The summed E-state index contributed by atoms with van der Waals surface area (Å²) in [6.45, 7) is 26.2. The summed E-state index contributed by atoms with van der Waals surface area (Å²) in [5, 5.41) is 10.6. The van der Waals surface area contributed by atoms with Crippen LogP contribution in [0.1, 0.15) is 75.2 Å². The second-order valence-corrected chi connectivity index (χ2v) is 21.1. The maximum atomic E-state index is 10.4. The van der Waals surface area contributed by atoms with Crippen LogP contribution in [0.2, 0.25) is 34.8 Å². The van der Waals surface area contributed by atoms with Crippen molar-refractivity contribution >= 4 is 16.6 Å². The van der Waals surface area contributed by atoms with Crippen LogP contribution in [0.4, 0.5) is 0 Å².